The summed E-state index contributed by atoms with van der Waals surface area (Å²) in [5, 5.41) is 23.4. The first-order valence-electron chi connectivity index (χ1n) is 10.9. The number of carbonyl (C=O) groups is 3. The van der Waals surface area contributed by atoms with Crippen molar-refractivity contribution in [2.24, 2.45) is 0 Å². The maximum atomic E-state index is 12.9. The number of aryl methyl sites for hydroxylation is 1. The largest absolute Gasteiger partial charge is 1.00 e. The molecule has 5 rings (SSSR count). The van der Waals surface area contributed by atoms with E-state index in [1.807, 2.05) is 6.92 Å². The normalized spacial score (nSPS) is 18.4. The van der Waals surface area contributed by atoms with Crippen molar-refractivity contribution in [3.8, 4) is 5.75 Å². The van der Waals surface area contributed by atoms with Gasteiger partial charge in [0.25, 0.3) is 11.8 Å². The molecule has 2 atom stereocenters. The summed E-state index contributed by atoms with van der Waals surface area (Å²) in [5.41, 5.74) is 0.418. The van der Waals surface area contributed by atoms with Crippen molar-refractivity contribution in [2.45, 2.75) is 29.3 Å². The second kappa shape index (κ2) is 12.5. The first-order chi connectivity index (χ1) is 17.8. The molecule has 1 saturated heterocycles. The number of halogens is 1. The summed E-state index contributed by atoms with van der Waals surface area (Å²) < 4.78 is 11.9. The van der Waals surface area contributed by atoms with E-state index in [1.54, 1.807) is 30.3 Å². The molecule has 2 aromatic heterocycles. The molecular weight excluding hydrogens is 583 g/mol. The van der Waals surface area contributed by atoms with Crippen LogP contribution in [-0.4, -0.2) is 55.8 Å². The average molecular weight is 601 g/mol. The molecular formula is C23H18ClN4NaO6S3. The fourth-order valence-corrected chi connectivity index (χ4v) is 7.17. The Balaban J connectivity index is 0.00000336. The predicted octanol–water partition coefficient (Wildman–Crippen LogP) is -0.514. The van der Waals surface area contributed by atoms with Crippen LogP contribution >= 0.6 is 46.5 Å². The zero-order valence-corrected chi connectivity index (χ0v) is 25.3. The summed E-state index contributed by atoms with van der Waals surface area (Å²) in [6.45, 7) is 1.93. The molecule has 2 aliphatic heterocycles. The number of nitrogens with one attached hydrogen (secondary N) is 1. The van der Waals surface area contributed by atoms with Gasteiger partial charge in [0.05, 0.1) is 11.7 Å². The van der Waals surface area contributed by atoms with E-state index in [0.29, 0.717) is 38.0 Å². The van der Waals surface area contributed by atoms with Gasteiger partial charge in [-0.15, -0.1) is 22.0 Å². The standard InChI is InChI=1S/C23H19ClN4O6S3.Na/c1-11-26-27-23(37-11)36-10-12-9-35-21-17(20(30)28(21)18(12)22(31)32)25-19(29)16-7-6-15(34-16)8-33-14-4-2-13(24)3-5-14;/h2-7,17,21H,8-10H2,1H3,(H,25,29)(H,31,32);/q;+1/p-1. The van der Waals surface area contributed by atoms with Crippen LogP contribution in [0.4, 0.5) is 0 Å². The molecule has 4 heterocycles. The van der Waals surface area contributed by atoms with Gasteiger partial charge in [0.2, 0.25) is 0 Å². The van der Waals surface area contributed by atoms with Crippen molar-refractivity contribution in [1.82, 2.24) is 20.4 Å². The van der Waals surface area contributed by atoms with E-state index in [2.05, 4.69) is 15.5 Å². The zero-order chi connectivity index (χ0) is 26.1. The molecule has 0 aliphatic carbocycles. The predicted molar refractivity (Wildman–Crippen MR) is 136 cm³/mol. The van der Waals surface area contributed by atoms with E-state index in [-0.39, 0.29) is 47.6 Å². The smallest absolute Gasteiger partial charge is 0.543 e. The Morgan fingerprint density at radius 3 is 2.71 bits per heavy atom. The fourth-order valence-electron chi connectivity index (χ4n) is 3.74. The van der Waals surface area contributed by atoms with Gasteiger partial charge in [0.1, 0.15) is 34.5 Å². The number of carboxylic acids is 1. The van der Waals surface area contributed by atoms with Crippen molar-refractivity contribution in [3.63, 3.8) is 0 Å². The number of thioether (sulfide) groups is 2. The van der Waals surface area contributed by atoms with Crippen LogP contribution in [0.15, 0.2) is 56.4 Å². The van der Waals surface area contributed by atoms with Crippen LogP contribution in [0.3, 0.4) is 0 Å². The third-order valence-corrected chi connectivity index (χ3v) is 9.13. The molecule has 192 valence electrons. The van der Waals surface area contributed by atoms with Crippen molar-refractivity contribution in [3.05, 3.63) is 69.2 Å². The number of rotatable bonds is 9. The monoisotopic (exact) mass is 600 g/mol. The van der Waals surface area contributed by atoms with Crippen LogP contribution in [0.1, 0.15) is 21.3 Å². The molecule has 0 radical (unpaired) electrons. The van der Waals surface area contributed by atoms with Crippen LogP contribution in [-0.2, 0) is 16.2 Å². The number of fused-ring (bicyclic) bond motifs is 1. The Morgan fingerprint density at radius 1 is 1.26 bits per heavy atom. The van der Waals surface area contributed by atoms with E-state index < -0.39 is 29.2 Å². The van der Waals surface area contributed by atoms with Crippen LogP contribution in [0.5, 0.6) is 5.75 Å². The van der Waals surface area contributed by atoms with Gasteiger partial charge >= 0.3 is 29.6 Å². The van der Waals surface area contributed by atoms with Crippen LogP contribution in [0, 0.1) is 6.92 Å². The van der Waals surface area contributed by atoms with Gasteiger partial charge in [-0.3, -0.25) is 14.5 Å². The number of hydrogen-bond donors (Lipinski definition) is 1. The molecule has 1 N–H and O–H groups in total. The van der Waals surface area contributed by atoms with Gasteiger partial charge in [0, 0.05) is 16.5 Å². The molecule has 10 nitrogen and oxygen atoms in total. The number of nitrogens with zero attached hydrogens (tertiary/aromatic N) is 3. The summed E-state index contributed by atoms with van der Waals surface area (Å²) in [4.78, 5) is 38.7. The second-order valence-electron chi connectivity index (χ2n) is 7.98. The Bertz CT molecular complexity index is 1400. The number of hydrogen-bond acceptors (Lipinski definition) is 11. The number of amides is 2. The maximum Gasteiger partial charge on any atom is 1.00 e. The van der Waals surface area contributed by atoms with E-state index in [0.717, 1.165) is 5.01 Å². The molecule has 0 spiro atoms. The van der Waals surface area contributed by atoms with Crippen molar-refractivity contribution in [1.29, 1.82) is 0 Å². The number of furan rings is 1. The van der Waals surface area contributed by atoms with Gasteiger partial charge in [-0.1, -0.05) is 34.7 Å². The average Bonchev–Trinajstić information content (AvgIpc) is 3.53. The van der Waals surface area contributed by atoms with Crippen LogP contribution in [0.25, 0.3) is 0 Å². The quantitative estimate of drug-likeness (QED) is 0.194. The topological polar surface area (TPSA) is 138 Å². The van der Waals surface area contributed by atoms with Crippen molar-refractivity contribution in [2.75, 3.05) is 11.5 Å². The minimum Gasteiger partial charge on any atom is -0.543 e. The number of carbonyl (C=O) groups excluding carboxylic acids is 3. The molecule has 2 aliphatic rings. The molecule has 3 aromatic rings. The summed E-state index contributed by atoms with van der Waals surface area (Å²) in [5.74, 6) is -0.781. The second-order valence-corrected chi connectivity index (χ2v) is 11.9. The van der Waals surface area contributed by atoms with Crippen molar-refractivity contribution >= 4 is 64.2 Å². The van der Waals surface area contributed by atoms with E-state index >= 15 is 0 Å². The molecule has 0 saturated carbocycles. The Kier molecular flexibility index (Phi) is 9.50. The number of benzene rings is 1. The molecule has 2 unspecified atom stereocenters. The van der Waals surface area contributed by atoms with Crippen LogP contribution < -0.4 is 44.7 Å². The summed E-state index contributed by atoms with van der Waals surface area (Å²) >= 11 is 10.0. The third-order valence-electron chi connectivity index (χ3n) is 5.48. The van der Waals surface area contributed by atoms with Gasteiger partial charge < -0.3 is 24.4 Å². The first-order valence-corrected chi connectivity index (χ1v) is 14.1. The zero-order valence-electron chi connectivity index (χ0n) is 20.1. The Morgan fingerprint density at radius 2 is 2.03 bits per heavy atom. The Labute approximate surface area is 256 Å². The van der Waals surface area contributed by atoms with Gasteiger partial charge in [-0.05, 0) is 48.9 Å². The van der Waals surface area contributed by atoms with E-state index in [4.69, 9.17) is 20.8 Å². The minimum absolute atomic E-state index is 0. The maximum absolute atomic E-state index is 12.9. The van der Waals surface area contributed by atoms with E-state index in [1.165, 1.54) is 45.8 Å². The van der Waals surface area contributed by atoms with Gasteiger partial charge in [-0.25, -0.2) is 0 Å². The summed E-state index contributed by atoms with van der Waals surface area (Å²) in [6.07, 6.45) is 0. The summed E-state index contributed by atoms with van der Waals surface area (Å²) in [7, 11) is 0. The number of aliphatic carboxylic acids is 1. The number of β-lactam (4-membered cyclic amide) rings is 1. The molecule has 0 bridgehead atoms. The SMILES string of the molecule is Cc1nnc(SCC2=C(C(=O)[O-])N3C(=O)C(NC(=O)c4ccc(COc5ccc(Cl)cc5)o4)C3SC2)s1.[Na+]. The summed E-state index contributed by atoms with van der Waals surface area (Å²) in [6, 6.07) is 9.03. The number of carboxylic acid groups (broad SMARTS) is 1. The van der Waals surface area contributed by atoms with Gasteiger partial charge in [0.15, 0.2) is 10.1 Å². The molecule has 1 aromatic carbocycles. The van der Waals surface area contributed by atoms with Crippen molar-refractivity contribution < 1.29 is 58.2 Å². The number of aromatic nitrogens is 2. The Hall–Kier alpha value is -2.00. The van der Waals surface area contributed by atoms with Crippen LogP contribution in [0.2, 0.25) is 5.02 Å². The van der Waals surface area contributed by atoms with E-state index in [9.17, 15) is 19.5 Å². The fraction of sp³-hybridized carbons (Fsp3) is 0.261. The first kappa shape index (κ1) is 29.0. The minimum atomic E-state index is -1.43. The van der Waals surface area contributed by atoms with Gasteiger partial charge in [-0.2, -0.15) is 0 Å². The number of ether oxygens (including phenoxy) is 1. The molecule has 1 fully saturated rings. The molecule has 38 heavy (non-hydrogen) atoms. The molecule has 2 amide bonds. The molecule has 15 heteroatoms. The third kappa shape index (κ3) is 6.24.